The van der Waals surface area contributed by atoms with Gasteiger partial charge in [-0.25, -0.2) is 12.8 Å². The highest BCUT2D eigenvalue weighted by Crippen LogP contribution is 2.36. The Balaban J connectivity index is 1.86. The normalized spacial score (nSPS) is 16.8. The number of carbonyl (C=O) groups excluding carboxylic acids is 1. The zero-order chi connectivity index (χ0) is 18.0. The molecule has 0 saturated heterocycles. The van der Waals surface area contributed by atoms with E-state index in [9.17, 15) is 17.6 Å². The maximum absolute atomic E-state index is 13.6. The van der Waals surface area contributed by atoms with E-state index in [4.69, 9.17) is 0 Å². The fourth-order valence-electron chi connectivity index (χ4n) is 2.72. The summed E-state index contributed by atoms with van der Waals surface area (Å²) in [6.45, 7) is 0. The van der Waals surface area contributed by atoms with Gasteiger partial charge >= 0.3 is 0 Å². The summed E-state index contributed by atoms with van der Waals surface area (Å²) in [6.07, 6.45) is 1.70. The summed E-state index contributed by atoms with van der Waals surface area (Å²) in [5.41, 5.74) is 1.19. The molecule has 8 heteroatoms. The van der Waals surface area contributed by atoms with E-state index in [-0.39, 0.29) is 23.1 Å². The molecule has 132 valence electrons. The first kappa shape index (κ1) is 17.8. The highest BCUT2D eigenvalue weighted by molar-refractivity contribution is 7.99. The Hall–Kier alpha value is -2.06. The first-order valence-corrected chi connectivity index (χ1v) is 10.5. The van der Waals surface area contributed by atoms with Gasteiger partial charge in [-0.15, -0.1) is 11.8 Å². The molecule has 0 fully saturated rings. The molecule has 2 aromatic rings. The van der Waals surface area contributed by atoms with E-state index >= 15 is 0 Å². The van der Waals surface area contributed by atoms with Crippen molar-refractivity contribution in [2.45, 2.75) is 17.4 Å². The number of fused-ring (bicyclic) bond motifs is 1. The van der Waals surface area contributed by atoms with Crippen molar-refractivity contribution in [2.24, 2.45) is 0 Å². The zero-order valence-electron chi connectivity index (χ0n) is 13.5. The molecule has 0 aliphatic carbocycles. The third kappa shape index (κ3) is 4.32. The molecule has 0 spiro atoms. The van der Waals surface area contributed by atoms with Crippen molar-refractivity contribution in [1.29, 1.82) is 0 Å². The van der Waals surface area contributed by atoms with E-state index in [0.717, 1.165) is 22.5 Å². The van der Waals surface area contributed by atoms with Crippen LogP contribution in [0, 0.1) is 5.82 Å². The summed E-state index contributed by atoms with van der Waals surface area (Å²) >= 11 is 1.63. The number of hydrogen-bond acceptors (Lipinski definition) is 4. The number of carbonyl (C=O) groups is 1. The van der Waals surface area contributed by atoms with Gasteiger partial charge in [0.1, 0.15) is 5.82 Å². The zero-order valence-corrected chi connectivity index (χ0v) is 15.1. The minimum atomic E-state index is -3.50. The molecule has 0 aromatic heterocycles. The molecule has 1 unspecified atom stereocenters. The minimum absolute atomic E-state index is 0.215. The fraction of sp³-hybridized carbons (Fsp3) is 0.235. The van der Waals surface area contributed by atoms with Crippen molar-refractivity contribution in [3.8, 4) is 0 Å². The molecule has 3 rings (SSSR count). The van der Waals surface area contributed by atoms with E-state index < -0.39 is 15.9 Å². The molecular weight excluding hydrogens is 363 g/mol. The molecule has 5 nitrogen and oxygen atoms in total. The second kappa shape index (κ2) is 7.05. The van der Waals surface area contributed by atoms with Crippen LogP contribution in [0.2, 0.25) is 0 Å². The minimum Gasteiger partial charge on any atom is -0.345 e. The molecular formula is C17H17FN2O3S2. The molecule has 2 N–H and O–H groups in total. The van der Waals surface area contributed by atoms with E-state index in [1.165, 1.54) is 18.2 Å². The van der Waals surface area contributed by atoms with Gasteiger partial charge < -0.3 is 5.32 Å². The average Bonchev–Trinajstić information content (AvgIpc) is 2.54. The van der Waals surface area contributed by atoms with E-state index in [2.05, 4.69) is 10.0 Å². The second-order valence-corrected chi connectivity index (χ2v) is 8.65. The van der Waals surface area contributed by atoms with E-state index in [0.29, 0.717) is 6.42 Å². The van der Waals surface area contributed by atoms with Crippen LogP contribution >= 0.6 is 11.8 Å². The first-order chi connectivity index (χ1) is 11.8. The number of amides is 1. The molecule has 1 atom stereocenters. The van der Waals surface area contributed by atoms with Gasteiger partial charge in [-0.2, -0.15) is 0 Å². The van der Waals surface area contributed by atoms with Gasteiger partial charge in [0.2, 0.25) is 10.0 Å². The molecule has 1 amide bonds. The second-order valence-electron chi connectivity index (χ2n) is 5.77. The van der Waals surface area contributed by atoms with Crippen LogP contribution in [0.25, 0.3) is 0 Å². The third-order valence-electron chi connectivity index (χ3n) is 3.78. The van der Waals surface area contributed by atoms with Crippen LogP contribution in [0.3, 0.4) is 0 Å². The Morgan fingerprint density at radius 3 is 2.76 bits per heavy atom. The van der Waals surface area contributed by atoms with Crippen LogP contribution in [-0.4, -0.2) is 26.3 Å². The number of sulfonamides is 1. The summed E-state index contributed by atoms with van der Waals surface area (Å²) in [5, 5.41) is 2.89. The number of rotatable bonds is 4. The van der Waals surface area contributed by atoms with Gasteiger partial charge in [0.05, 0.1) is 23.5 Å². The molecule has 2 aromatic carbocycles. The Labute approximate surface area is 150 Å². The summed E-state index contributed by atoms with van der Waals surface area (Å²) in [7, 11) is -3.50. The van der Waals surface area contributed by atoms with Crippen molar-refractivity contribution >= 4 is 33.4 Å². The molecule has 1 aliphatic heterocycles. The summed E-state index contributed by atoms with van der Waals surface area (Å²) in [6, 6.07) is 10.6. The van der Waals surface area contributed by atoms with Crippen LogP contribution in [0.1, 0.15) is 28.4 Å². The standard InChI is InChI=1S/C17H17FN2O3S2/c1-25(22,23)20-15-5-3-2-4-12(15)17(21)19-14-8-9-24-16-7-6-11(18)10-13(14)16/h2-7,10,14,20H,8-9H2,1H3,(H,19,21). The number of benzene rings is 2. The van der Waals surface area contributed by atoms with Gasteiger partial charge in [-0.05, 0) is 42.3 Å². The van der Waals surface area contributed by atoms with Crippen LogP contribution in [0.15, 0.2) is 47.4 Å². The summed E-state index contributed by atoms with van der Waals surface area (Å²) in [5.74, 6) is 0.0609. The number of hydrogen-bond donors (Lipinski definition) is 2. The van der Waals surface area contributed by atoms with Crippen LogP contribution < -0.4 is 10.0 Å². The first-order valence-electron chi connectivity index (χ1n) is 7.63. The van der Waals surface area contributed by atoms with Crippen molar-refractivity contribution in [3.63, 3.8) is 0 Å². The fourth-order valence-corrected chi connectivity index (χ4v) is 4.40. The summed E-state index contributed by atoms with van der Waals surface area (Å²) < 4.78 is 38.9. The average molecular weight is 380 g/mol. The monoisotopic (exact) mass is 380 g/mol. The van der Waals surface area contributed by atoms with Crippen molar-refractivity contribution in [2.75, 3.05) is 16.7 Å². The SMILES string of the molecule is CS(=O)(=O)Nc1ccccc1C(=O)NC1CCSc2ccc(F)cc21. The molecule has 0 bridgehead atoms. The van der Waals surface area contributed by atoms with E-state index in [1.54, 1.807) is 36.0 Å². The van der Waals surface area contributed by atoms with Gasteiger partial charge in [0.15, 0.2) is 0 Å². The number of thioether (sulfide) groups is 1. The van der Waals surface area contributed by atoms with Crippen LogP contribution in [-0.2, 0) is 10.0 Å². The maximum Gasteiger partial charge on any atom is 0.253 e. The Bertz CT molecular complexity index is 916. The predicted molar refractivity (Wildman–Crippen MR) is 96.9 cm³/mol. The smallest absolute Gasteiger partial charge is 0.253 e. The van der Waals surface area contributed by atoms with Gasteiger partial charge in [0.25, 0.3) is 5.91 Å². The number of para-hydroxylation sites is 1. The lowest BCUT2D eigenvalue weighted by Gasteiger charge is -2.26. The van der Waals surface area contributed by atoms with E-state index in [1.807, 2.05) is 0 Å². The predicted octanol–water partition coefficient (Wildman–Crippen LogP) is 3.16. The van der Waals surface area contributed by atoms with Gasteiger partial charge in [0, 0.05) is 10.6 Å². The van der Waals surface area contributed by atoms with Crippen LogP contribution in [0.5, 0.6) is 0 Å². The largest absolute Gasteiger partial charge is 0.345 e. The molecule has 1 aliphatic rings. The van der Waals surface area contributed by atoms with Crippen molar-refractivity contribution < 1.29 is 17.6 Å². The number of nitrogens with one attached hydrogen (secondary N) is 2. The number of anilines is 1. The maximum atomic E-state index is 13.6. The quantitative estimate of drug-likeness (QED) is 0.854. The molecule has 0 saturated carbocycles. The Kier molecular flexibility index (Phi) is 5.01. The lowest BCUT2D eigenvalue weighted by atomic mass is 10.0. The van der Waals surface area contributed by atoms with Crippen LogP contribution in [0.4, 0.5) is 10.1 Å². The molecule has 0 radical (unpaired) electrons. The highest BCUT2D eigenvalue weighted by Gasteiger charge is 2.24. The van der Waals surface area contributed by atoms with Gasteiger partial charge in [-0.3, -0.25) is 9.52 Å². The lowest BCUT2D eigenvalue weighted by molar-refractivity contribution is 0.0936. The summed E-state index contributed by atoms with van der Waals surface area (Å²) in [4.78, 5) is 13.6. The number of halogens is 1. The molecule has 1 heterocycles. The van der Waals surface area contributed by atoms with Crippen molar-refractivity contribution in [1.82, 2.24) is 5.32 Å². The Morgan fingerprint density at radius 1 is 1.24 bits per heavy atom. The topological polar surface area (TPSA) is 75.3 Å². The lowest BCUT2D eigenvalue weighted by Crippen LogP contribution is -2.31. The Morgan fingerprint density at radius 2 is 2.00 bits per heavy atom. The third-order valence-corrected chi connectivity index (χ3v) is 5.50. The van der Waals surface area contributed by atoms with Crippen molar-refractivity contribution in [3.05, 3.63) is 59.4 Å². The highest BCUT2D eigenvalue weighted by atomic mass is 32.2. The molecule has 25 heavy (non-hydrogen) atoms. The van der Waals surface area contributed by atoms with Gasteiger partial charge in [-0.1, -0.05) is 12.1 Å².